The number of methoxy groups -OCH3 is 1. The van der Waals surface area contributed by atoms with Gasteiger partial charge in [-0.05, 0) is 30.9 Å². The monoisotopic (exact) mass is 279 g/mol. The average Bonchev–Trinajstić information content (AvgIpc) is 2.92. The molecular formula is C16H25NO3. The van der Waals surface area contributed by atoms with Crippen LogP contribution < -0.4 is 14.8 Å². The molecule has 2 N–H and O–H groups in total. The van der Waals surface area contributed by atoms with Gasteiger partial charge in [-0.15, -0.1) is 0 Å². The highest BCUT2D eigenvalue weighted by Crippen LogP contribution is 2.34. The number of aliphatic hydroxyl groups is 1. The molecule has 0 radical (unpaired) electrons. The van der Waals surface area contributed by atoms with Crippen molar-refractivity contribution in [1.82, 2.24) is 0 Å². The van der Waals surface area contributed by atoms with Gasteiger partial charge in [-0.1, -0.05) is 19.8 Å². The SMILES string of the molecule is CCC1CCCC1Nc1ccc(OC)c(OCCO)c1. The first kappa shape index (κ1) is 15.0. The molecule has 0 saturated heterocycles. The lowest BCUT2D eigenvalue weighted by molar-refractivity contribution is 0.196. The van der Waals surface area contributed by atoms with E-state index < -0.39 is 0 Å². The average molecular weight is 279 g/mol. The maximum absolute atomic E-state index is 8.88. The Morgan fingerprint density at radius 3 is 2.85 bits per heavy atom. The number of benzene rings is 1. The molecule has 1 aliphatic rings. The van der Waals surface area contributed by atoms with Gasteiger partial charge in [-0.3, -0.25) is 0 Å². The van der Waals surface area contributed by atoms with Gasteiger partial charge in [-0.25, -0.2) is 0 Å². The Morgan fingerprint density at radius 2 is 2.15 bits per heavy atom. The summed E-state index contributed by atoms with van der Waals surface area (Å²) in [7, 11) is 1.62. The third kappa shape index (κ3) is 3.57. The van der Waals surface area contributed by atoms with E-state index in [2.05, 4.69) is 12.2 Å². The van der Waals surface area contributed by atoms with Gasteiger partial charge in [-0.2, -0.15) is 0 Å². The van der Waals surface area contributed by atoms with E-state index >= 15 is 0 Å². The van der Waals surface area contributed by atoms with Crippen molar-refractivity contribution in [3.05, 3.63) is 18.2 Å². The van der Waals surface area contributed by atoms with Crippen LogP contribution >= 0.6 is 0 Å². The molecule has 0 spiro atoms. The number of ether oxygens (including phenoxy) is 2. The fraction of sp³-hybridized carbons (Fsp3) is 0.625. The first-order valence-corrected chi connectivity index (χ1v) is 7.46. The highest BCUT2D eigenvalue weighted by molar-refractivity contribution is 5.55. The van der Waals surface area contributed by atoms with Crippen molar-refractivity contribution in [2.75, 3.05) is 25.6 Å². The molecule has 1 fully saturated rings. The quantitative estimate of drug-likeness (QED) is 0.805. The Labute approximate surface area is 121 Å². The van der Waals surface area contributed by atoms with E-state index in [9.17, 15) is 0 Å². The van der Waals surface area contributed by atoms with Crippen molar-refractivity contribution < 1.29 is 14.6 Å². The topological polar surface area (TPSA) is 50.7 Å². The van der Waals surface area contributed by atoms with E-state index in [4.69, 9.17) is 14.6 Å². The summed E-state index contributed by atoms with van der Waals surface area (Å²) in [6.07, 6.45) is 5.08. The second kappa shape index (κ2) is 7.39. The third-order valence-corrected chi connectivity index (χ3v) is 4.05. The summed E-state index contributed by atoms with van der Waals surface area (Å²) >= 11 is 0. The van der Waals surface area contributed by atoms with Crippen molar-refractivity contribution in [3.63, 3.8) is 0 Å². The summed E-state index contributed by atoms with van der Waals surface area (Å²) in [5.74, 6) is 2.14. The van der Waals surface area contributed by atoms with Gasteiger partial charge >= 0.3 is 0 Å². The fourth-order valence-electron chi connectivity index (χ4n) is 2.96. The van der Waals surface area contributed by atoms with Gasteiger partial charge in [0, 0.05) is 17.8 Å². The molecule has 1 saturated carbocycles. The molecule has 2 atom stereocenters. The van der Waals surface area contributed by atoms with Crippen LogP contribution in [0.25, 0.3) is 0 Å². The smallest absolute Gasteiger partial charge is 0.163 e. The zero-order valence-corrected chi connectivity index (χ0v) is 12.4. The normalized spacial score (nSPS) is 21.8. The van der Waals surface area contributed by atoms with Crippen molar-refractivity contribution in [3.8, 4) is 11.5 Å². The Kier molecular flexibility index (Phi) is 5.53. The molecule has 2 unspecified atom stereocenters. The maximum Gasteiger partial charge on any atom is 0.163 e. The number of rotatable bonds is 7. The van der Waals surface area contributed by atoms with E-state index in [0.717, 1.165) is 11.6 Å². The molecule has 1 aliphatic carbocycles. The summed E-state index contributed by atoms with van der Waals surface area (Å²) in [5, 5.41) is 12.5. The van der Waals surface area contributed by atoms with Gasteiger partial charge in [0.05, 0.1) is 13.7 Å². The van der Waals surface area contributed by atoms with E-state index in [-0.39, 0.29) is 13.2 Å². The number of hydrogen-bond donors (Lipinski definition) is 2. The largest absolute Gasteiger partial charge is 0.493 e. The lowest BCUT2D eigenvalue weighted by Crippen LogP contribution is -2.23. The lowest BCUT2D eigenvalue weighted by Gasteiger charge is -2.21. The molecule has 2 rings (SSSR count). The highest BCUT2D eigenvalue weighted by Gasteiger charge is 2.25. The predicted octanol–water partition coefficient (Wildman–Crippen LogP) is 3.06. The number of aliphatic hydroxyl groups excluding tert-OH is 1. The van der Waals surface area contributed by atoms with Gasteiger partial charge in [0.2, 0.25) is 0 Å². The van der Waals surface area contributed by atoms with E-state index in [0.29, 0.717) is 17.5 Å². The summed E-state index contributed by atoms with van der Waals surface area (Å²) in [4.78, 5) is 0. The molecule has 20 heavy (non-hydrogen) atoms. The summed E-state index contributed by atoms with van der Waals surface area (Å²) in [6.45, 7) is 2.54. The van der Waals surface area contributed by atoms with Crippen molar-refractivity contribution in [2.45, 2.75) is 38.6 Å². The van der Waals surface area contributed by atoms with E-state index in [1.807, 2.05) is 18.2 Å². The second-order valence-electron chi connectivity index (χ2n) is 5.29. The molecule has 0 bridgehead atoms. The van der Waals surface area contributed by atoms with Crippen LogP contribution in [-0.2, 0) is 0 Å². The molecule has 4 heteroatoms. The van der Waals surface area contributed by atoms with Crippen molar-refractivity contribution in [1.29, 1.82) is 0 Å². The van der Waals surface area contributed by atoms with Crippen LogP contribution in [0.1, 0.15) is 32.6 Å². The number of anilines is 1. The molecule has 1 aromatic carbocycles. The second-order valence-corrected chi connectivity index (χ2v) is 5.29. The Bertz CT molecular complexity index is 422. The van der Waals surface area contributed by atoms with Crippen LogP contribution in [0.5, 0.6) is 11.5 Å². The third-order valence-electron chi connectivity index (χ3n) is 4.05. The number of nitrogens with one attached hydrogen (secondary N) is 1. The molecular weight excluding hydrogens is 254 g/mol. The number of hydrogen-bond acceptors (Lipinski definition) is 4. The van der Waals surface area contributed by atoms with Gasteiger partial charge < -0.3 is 19.9 Å². The first-order valence-electron chi connectivity index (χ1n) is 7.46. The van der Waals surface area contributed by atoms with Crippen molar-refractivity contribution >= 4 is 5.69 Å². The minimum Gasteiger partial charge on any atom is -0.493 e. The fourth-order valence-corrected chi connectivity index (χ4v) is 2.96. The summed E-state index contributed by atoms with van der Waals surface area (Å²) in [5.41, 5.74) is 1.06. The molecule has 0 aromatic heterocycles. The molecule has 0 aliphatic heterocycles. The minimum atomic E-state index is 0.00133. The Balaban J connectivity index is 2.07. The van der Waals surface area contributed by atoms with Gasteiger partial charge in [0.15, 0.2) is 11.5 Å². The molecule has 0 heterocycles. The van der Waals surface area contributed by atoms with Crippen molar-refractivity contribution in [2.24, 2.45) is 5.92 Å². The van der Waals surface area contributed by atoms with Crippen LogP contribution in [-0.4, -0.2) is 31.5 Å². The zero-order chi connectivity index (χ0) is 14.4. The molecule has 4 nitrogen and oxygen atoms in total. The zero-order valence-electron chi connectivity index (χ0n) is 12.4. The highest BCUT2D eigenvalue weighted by atomic mass is 16.5. The predicted molar refractivity (Wildman–Crippen MR) is 80.6 cm³/mol. The van der Waals surface area contributed by atoms with Crippen LogP contribution in [0.15, 0.2) is 18.2 Å². The first-order chi connectivity index (χ1) is 9.78. The molecule has 1 aromatic rings. The summed E-state index contributed by atoms with van der Waals surface area (Å²) in [6, 6.07) is 6.44. The van der Waals surface area contributed by atoms with Crippen LogP contribution in [0.3, 0.4) is 0 Å². The Morgan fingerprint density at radius 1 is 1.30 bits per heavy atom. The minimum absolute atomic E-state index is 0.00133. The standard InChI is InChI=1S/C16H25NO3/c1-3-12-5-4-6-14(12)17-13-7-8-15(19-2)16(11-13)20-10-9-18/h7-8,11-12,14,17-18H,3-6,9-10H2,1-2H3. The van der Waals surface area contributed by atoms with Gasteiger partial charge in [0.25, 0.3) is 0 Å². The Hall–Kier alpha value is -1.42. The van der Waals surface area contributed by atoms with Crippen LogP contribution in [0.2, 0.25) is 0 Å². The molecule has 0 amide bonds. The van der Waals surface area contributed by atoms with Crippen LogP contribution in [0.4, 0.5) is 5.69 Å². The van der Waals surface area contributed by atoms with Gasteiger partial charge in [0.1, 0.15) is 6.61 Å². The van der Waals surface area contributed by atoms with Crippen LogP contribution in [0, 0.1) is 5.92 Å². The van der Waals surface area contributed by atoms with E-state index in [1.165, 1.54) is 25.7 Å². The molecule has 112 valence electrons. The maximum atomic E-state index is 8.88. The lowest BCUT2D eigenvalue weighted by atomic mass is 10.0. The van der Waals surface area contributed by atoms with E-state index in [1.54, 1.807) is 7.11 Å². The summed E-state index contributed by atoms with van der Waals surface area (Å²) < 4.78 is 10.8.